The van der Waals surface area contributed by atoms with Crippen molar-refractivity contribution in [2.75, 3.05) is 0 Å². The predicted molar refractivity (Wildman–Crippen MR) is 63.2 cm³/mol. The average molecular weight is 229 g/mol. The molecule has 0 aromatic rings. The van der Waals surface area contributed by atoms with Gasteiger partial charge < -0.3 is 10.0 Å². The smallest absolute Gasteiger partial charge is 0.329 e. The van der Waals surface area contributed by atoms with Gasteiger partial charge in [-0.25, -0.2) is 4.79 Å². The number of carboxylic acids is 1. The van der Waals surface area contributed by atoms with Gasteiger partial charge in [0.05, 0.1) is 0 Å². The molecule has 0 aromatic heterocycles. The lowest BCUT2D eigenvalue weighted by atomic mass is 9.87. The van der Waals surface area contributed by atoms with Gasteiger partial charge in [0.15, 0.2) is 0 Å². The molecule has 4 nitrogen and oxygen atoms in total. The van der Waals surface area contributed by atoms with Crippen molar-refractivity contribution in [3.63, 3.8) is 0 Å². The minimum atomic E-state index is -1.05. The third kappa shape index (κ3) is 2.74. The van der Waals surface area contributed by atoms with Gasteiger partial charge in [0.25, 0.3) is 0 Å². The molecule has 0 saturated carbocycles. The Morgan fingerprint density at radius 3 is 2.00 bits per heavy atom. The molecular weight excluding hydrogens is 206 g/mol. The van der Waals surface area contributed by atoms with Crippen molar-refractivity contribution in [2.45, 2.75) is 65.5 Å². The molecule has 1 unspecified atom stereocenters. The zero-order chi connectivity index (χ0) is 12.9. The van der Waals surface area contributed by atoms with Crippen LogP contribution in [0.2, 0.25) is 0 Å². The maximum atomic E-state index is 11.6. The Hall–Kier alpha value is -1.06. The van der Waals surface area contributed by atoms with Crippen LogP contribution in [0.15, 0.2) is 0 Å². The van der Waals surface area contributed by atoms with Gasteiger partial charge in [0.2, 0.25) is 5.91 Å². The second-order valence-corrected chi connectivity index (χ2v) is 4.42. The van der Waals surface area contributed by atoms with E-state index in [1.54, 1.807) is 0 Å². The molecule has 0 aromatic carbocycles. The second-order valence-electron chi connectivity index (χ2n) is 4.42. The van der Waals surface area contributed by atoms with Crippen molar-refractivity contribution in [1.82, 2.24) is 4.90 Å². The normalized spacial score (nSPS) is 14.6. The van der Waals surface area contributed by atoms with Crippen molar-refractivity contribution >= 4 is 11.9 Å². The number of hydrogen-bond donors (Lipinski definition) is 1. The van der Waals surface area contributed by atoms with Crippen LogP contribution in [0.3, 0.4) is 0 Å². The van der Waals surface area contributed by atoms with E-state index in [0.29, 0.717) is 12.8 Å². The van der Waals surface area contributed by atoms with E-state index in [2.05, 4.69) is 0 Å². The number of carboxylic acid groups (broad SMARTS) is 1. The number of carbonyl (C=O) groups excluding carboxylic acids is 1. The van der Waals surface area contributed by atoms with Crippen LogP contribution in [0.25, 0.3) is 0 Å². The summed E-state index contributed by atoms with van der Waals surface area (Å²) >= 11 is 0. The van der Waals surface area contributed by atoms with E-state index in [9.17, 15) is 14.7 Å². The quantitative estimate of drug-likeness (QED) is 0.760. The average Bonchev–Trinajstić information content (AvgIpc) is 2.15. The van der Waals surface area contributed by atoms with Crippen molar-refractivity contribution in [1.29, 1.82) is 0 Å². The summed E-state index contributed by atoms with van der Waals surface area (Å²) in [5, 5.41) is 9.43. The monoisotopic (exact) mass is 229 g/mol. The van der Waals surface area contributed by atoms with Gasteiger partial charge in [-0.15, -0.1) is 0 Å². The van der Waals surface area contributed by atoms with Crippen molar-refractivity contribution in [3.05, 3.63) is 0 Å². The number of amides is 1. The lowest BCUT2D eigenvalue weighted by Crippen LogP contribution is -2.58. The Kier molecular flexibility index (Phi) is 5.48. The summed E-state index contributed by atoms with van der Waals surface area (Å²) in [6.07, 6.45) is 1.68. The molecule has 0 aliphatic carbocycles. The fraction of sp³-hybridized carbons (Fsp3) is 0.833. The summed E-state index contributed by atoms with van der Waals surface area (Å²) in [7, 11) is 0. The number of carbonyl (C=O) groups is 2. The van der Waals surface area contributed by atoms with Gasteiger partial charge in [0.1, 0.15) is 5.54 Å². The molecule has 1 atom stereocenters. The lowest BCUT2D eigenvalue weighted by molar-refractivity contribution is -0.162. The minimum absolute atomic E-state index is 0.0971. The Morgan fingerprint density at radius 2 is 1.81 bits per heavy atom. The maximum absolute atomic E-state index is 11.6. The van der Waals surface area contributed by atoms with Gasteiger partial charge >= 0.3 is 5.97 Å². The van der Waals surface area contributed by atoms with E-state index in [4.69, 9.17) is 0 Å². The van der Waals surface area contributed by atoms with E-state index in [-0.39, 0.29) is 11.9 Å². The summed E-state index contributed by atoms with van der Waals surface area (Å²) < 4.78 is 0. The first-order valence-electron chi connectivity index (χ1n) is 5.86. The van der Waals surface area contributed by atoms with E-state index in [1.165, 1.54) is 11.8 Å². The molecule has 94 valence electrons. The zero-order valence-electron chi connectivity index (χ0n) is 10.9. The summed E-state index contributed by atoms with van der Waals surface area (Å²) in [6.45, 7) is 8.89. The van der Waals surface area contributed by atoms with E-state index in [0.717, 1.165) is 6.42 Å². The summed E-state index contributed by atoms with van der Waals surface area (Å²) in [5.41, 5.74) is -1.05. The third-order valence-electron chi connectivity index (χ3n) is 2.96. The zero-order valence-corrected chi connectivity index (χ0v) is 10.9. The fourth-order valence-corrected chi connectivity index (χ4v) is 2.40. The van der Waals surface area contributed by atoms with E-state index < -0.39 is 11.5 Å². The predicted octanol–water partition coefficient (Wildman–Crippen LogP) is 2.28. The van der Waals surface area contributed by atoms with Gasteiger partial charge in [-0.2, -0.15) is 0 Å². The van der Waals surface area contributed by atoms with Crippen LogP contribution in [0.4, 0.5) is 0 Å². The first-order chi connectivity index (χ1) is 7.33. The molecule has 4 heteroatoms. The third-order valence-corrected chi connectivity index (χ3v) is 2.96. The van der Waals surface area contributed by atoms with Crippen LogP contribution in [0, 0.1) is 0 Å². The van der Waals surface area contributed by atoms with Crippen molar-refractivity contribution in [3.8, 4) is 0 Å². The highest BCUT2D eigenvalue weighted by molar-refractivity contribution is 5.86. The number of aliphatic carboxylic acids is 1. The Morgan fingerprint density at radius 1 is 1.31 bits per heavy atom. The Bertz CT molecular complexity index is 263. The molecule has 0 rings (SSSR count). The van der Waals surface area contributed by atoms with Gasteiger partial charge in [-0.1, -0.05) is 20.3 Å². The van der Waals surface area contributed by atoms with Crippen LogP contribution in [0.1, 0.15) is 53.9 Å². The molecular formula is C12H23NO3. The molecule has 0 spiro atoms. The Labute approximate surface area is 97.6 Å². The number of hydrogen-bond acceptors (Lipinski definition) is 2. The number of rotatable bonds is 6. The molecule has 1 amide bonds. The lowest BCUT2D eigenvalue weighted by Gasteiger charge is -2.42. The molecule has 1 N–H and O–H groups in total. The highest BCUT2D eigenvalue weighted by Crippen LogP contribution is 2.28. The first-order valence-corrected chi connectivity index (χ1v) is 5.86. The van der Waals surface area contributed by atoms with Gasteiger partial charge in [-0.3, -0.25) is 4.79 Å². The van der Waals surface area contributed by atoms with E-state index in [1.807, 2.05) is 27.7 Å². The molecule has 0 saturated heterocycles. The molecule has 0 bridgehead atoms. The second kappa shape index (κ2) is 5.87. The van der Waals surface area contributed by atoms with E-state index >= 15 is 0 Å². The highest BCUT2D eigenvalue weighted by Gasteiger charge is 2.44. The van der Waals surface area contributed by atoms with Crippen LogP contribution in [0.5, 0.6) is 0 Å². The van der Waals surface area contributed by atoms with Crippen LogP contribution in [-0.4, -0.2) is 33.5 Å². The first kappa shape index (κ1) is 14.9. The summed E-state index contributed by atoms with van der Waals surface area (Å²) in [6, 6.07) is -0.0971. The van der Waals surface area contributed by atoms with Crippen LogP contribution < -0.4 is 0 Å². The largest absolute Gasteiger partial charge is 0.479 e. The van der Waals surface area contributed by atoms with Crippen LogP contribution >= 0.6 is 0 Å². The molecule has 0 radical (unpaired) electrons. The highest BCUT2D eigenvalue weighted by atomic mass is 16.4. The maximum Gasteiger partial charge on any atom is 0.329 e. The van der Waals surface area contributed by atoms with Gasteiger partial charge in [0, 0.05) is 13.0 Å². The Balaban J connectivity index is 5.41. The summed E-state index contributed by atoms with van der Waals surface area (Å²) in [5.74, 6) is -1.08. The van der Waals surface area contributed by atoms with Gasteiger partial charge in [-0.05, 0) is 26.7 Å². The molecule has 16 heavy (non-hydrogen) atoms. The summed E-state index contributed by atoms with van der Waals surface area (Å²) in [4.78, 5) is 24.6. The number of nitrogens with zero attached hydrogens (tertiary/aromatic N) is 1. The minimum Gasteiger partial charge on any atom is -0.479 e. The molecule has 0 heterocycles. The SMILES string of the molecule is CCCC(CC)(C(=O)O)N(C(C)=O)C(C)C. The molecule has 0 fully saturated rings. The van der Waals surface area contributed by atoms with Crippen LogP contribution in [-0.2, 0) is 9.59 Å². The van der Waals surface area contributed by atoms with Crippen molar-refractivity contribution in [2.24, 2.45) is 0 Å². The fourth-order valence-electron chi connectivity index (χ4n) is 2.40. The standard InChI is InChI=1S/C12H23NO3/c1-6-8-12(7-2,11(15)16)13(9(3)4)10(5)14/h9H,6-8H2,1-5H3,(H,15,16). The molecule has 0 aliphatic rings. The van der Waals surface area contributed by atoms with Crippen molar-refractivity contribution < 1.29 is 14.7 Å². The topological polar surface area (TPSA) is 57.6 Å². The molecule has 0 aliphatic heterocycles.